The first-order valence-corrected chi connectivity index (χ1v) is 9.06. The van der Waals surface area contributed by atoms with Gasteiger partial charge in [-0.3, -0.25) is 9.59 Å². The molecule has 5 N–H and O–H groups in total. The van der Waals surface area contributed by atoms with E-state index in [0.717, 1.165) is 22.3 Å². The molecule has 0 saturated heterocycles. The molecule has 2 atom stereocenters. The number of benzene rings is 2. The fourth-order valence-corrected chi connectivity index (χ4v) is 3.56. The van der Waals surface area contributed by atoms with Gasteiger partial charge in [0.2, 0.25) is 0 Å². The second kappa shape index (κ2) is 8.33. The molecule has 3 rings (SSSR count). The number of aliphatic carboxylic acids is 1. The fraction of sp³-hybridized carbons (Fsp3) is 0.333. The summed E-state index contributed by atoms with van der Waals surface area (Å²) in [5.74, 6) is -2.06. The van der Waals surface area contributed by atoms with E-state index in [4.69, 9.17) is 21.3 Å². The number of fused-ring (bicyclic) bond motifs is 3. The van der Waals surface area contributed by atoms with Crippen LogP contribution in [-0.2, 0) is 14.3 Å². The maximum Gasteiger partial charge on any atom is 0.320 e. The average Bonchev–Trinajstić information content (AvgIpc) is 3.00. The average molecular weight is 368 g/mol. The molecular weight excluding hydrogens is 344 g/mol. The standard InChI is InChI=1S/C21H24N2O4/c22-11-13(9-10-19(23)20(24)25)21(26)27-12-18-16-7-3-1-5-14(16)15-6-2-4-8-17(15)18/h1-8,13,18-19H,9-12,22-23H2,(H,24,25)/t13?,19-/m0/s1. The molecule has 0 spiro atoms. The van der Waals surface area contributed by atoms with Crippen LogP contribution < -0.4 is 11.5 Å². The molecule has 0 aliphatic heterocycles. The van der Waals surface area contributed by atoms with Gasteiger partial charge in [-0.15, -0.1) is 0 Å². The summed E-state index contributed by atoms with van der Waals surface area (Å²) in [6, 6.07) is 15.2. The molecule has 6 heteroatoms. The van der Waals surface area contributed by atoms with E-state index in [1.165, 1.54) is 0 Å². The van der Waals surface area contributed by atoms with Crippen LogP contribution in [0, 0.1) is 5.92 Å². The van der Waals surface area contributed by atoms with Gasteiger partial charge >= 0.3 is 11.9 Å². The Bertz CT molecular complexity index is 791. The quantitative estimate of drug-likeness (QED) is 0.615. The van der Waals surface area contributed by atoms with Crippen molar-refractivity contribution in [3.63, 3.8) is 0 Å². The lowest BCUT2D eigenvalue weighted by molar-refractivity contribution is -0.149. The summed E-state index contributed by atoms with van der Waals surface area (Å²) in [7, 11) is 0. The van der Waals surface area contributed by atoms with Gasteiger partial charge in [-0.2, -0.15) is 0 Å². The summed E-state index contributed by atoms with van der Waals surface area (Å²) in [6.07, 6.45) is 0.474. The smallest absolute Gasteiger partial charge is 0.320 e. The normalized spacial score (nSPS) is 14.9. The molecule has 0 saturated carbocycles. The highest BCUT2D eigenvalue weighted by Gasteiger charge is 2.30. The highest BCUT2D eigenvalue weighted by Crippen LogP contribution is 2.44. The van der Waals surface area contributed by atoms with Crippen molar-refractivity contribution in [3.05, 3.63) is 59.7 Å². The third kappa shape index (κ3) is 4.02. The summed E-state index contributed by atoms with van der Waals surface area (Å²) in [6.45, 7) is 0.331. The molecule has 6 nitrogen and oxygen atoms in total. The van der Waals surface area contributed by atoms with Crippen molar-refractivity contribution in [2.45, 2.75) is 24.8 Å². The zero-order valence-corrected chi connectivity index (χ0v) is 15.0. The van der Waals surface area contributed by atoms with Gasteiger partial charge in [0.15, 0.2) is 0 Å². The Morgan fingerprint density at radius 1 is 1.00 bits per heavy atom. The molecule has 1 aliphatic rings. The fourth-order valence-electron chi connectivity index (χ4n) is 3.56. The zero-order valence-electron chi connectivity index (χ0n) is 15.0. The van der Waals surface area contributed by atoms with Crippen LogP contribution in [0.5, 0.6) is 0 Å². The van der Waals surface area contributed by atoms with Crippen molar-refractivity contribution in [3.8, 4) is 11.1 Å². The molecule has 2 aromatic carbocycles. The summed E-state index contributed by atoms with van der Waals surface area (Å²) in [5, 5.41) is 8.87. The first kappa shape index (κ1) is 19.1. The van der Waals surface area contributed by atoms with Gasteiger partial charge in [-0.25, -0.2) is 0 Å². The first-order valence-electron chi connectivity index (χ1n) is 9.06. The predicted molar refractivity (Wildman–Crippen MR) is 102 cm³/mol. The van der Waals surface area contributed by atoms with Crippen LogP contribution in [0.25, 0.3) is 11.1 Å². The highest BCUT2D eigenvalue weighted by atomic mass is 16.5. The lowest BCUT2D eigenvalue weighted by atomic mass is 9.97. The number of hydrogen-bond acceptors (Lipinski definition) is 5. The molecule has 0 heterocycles. The number of carbonyl (C=O) groups is 2. The second-order valence-corrected chi connectivity index (χ2v) is 6.81. The molecule has 0 radical (unpaired) electrons. The summed E-state index contributed by atoms with van der Waals surface area (Å²) >= 11 is 0. The molecule has 1 unspecified atom stereocenters. The van der Waals surface area contributed by atoms with Crippen LogP contribution in [0.2, 0.25) is 0 Å². The molecule has 0 bridgehead atoms. The van der Waals surface area contributed by atoms with Gasteiger partial charge in [-0.05, 0) is 35.1 Å². The molecule has 0 amide bonds. The third-order valence-corrected chi connectivity index (χ3v) is 5.12. The van der Waals surface area contributed by atoms with E-state index in [1.807, 2.05) is 24.3 Å². The predicted octanol–water partition coefficient (Wildman–Crippen LogP) is 2.11. The van der Waals surface area contributed by atoms with Crippen molar-refractivity contribution in [2.24, 2.45) is 17.4 Å². The van der Waals surface area contributed by atoms with E-state index in [0.29, 0.717) is 6.42 Å². The minimum atomic E-state index is -1.08. The number of ether oxygens (including phenoxy) is 1. The summed E-state index contributed by atoms with van der Waals surface area (Å²) in [5.41, 5.74) is 15.8. The lowest BCUT2D eigenvalue weighted by Gasteiger charge is -2.18. The Hall–Kier alpha value is -2.70. The Morgan fingerprint density at radius 2 is 1.56 bits per heavy atom. The van der Waals surface area contributed by atoms with Gasteiger partial charge in [-0.1, -0.05) is 48.5 Å². The molecule has 0 fully saturated rings. The second-order valence-electron chi connectivity index (χ2n) is 6.81. The summed E-state index contributed by atoms with van der Waals surface area (Å²) < 4.78 is 5.58. The van der Waals surface area contributed by atoms with Crippen LogP contribution in [0.1, 0.15) is 29.9 Å². The minimum Gasteiger partial charge on any atom is -0.480 e. The van der Waals surface area contributed by atoms with Crippen molar-refractivity contribution in [2.75, 3.05) is 13.2 Å². The molecule has 0 aromatic heterocycles. The van der Waals surface area contributed by atoms with E-state index in [-0.39, 0.29) is 25.5 Å². The van der Waals surface area contributed by atoms with Gasteiger partial charge in [0, 0.05) is 12.5 Å². The van der Waals surface area contributed by atoms with Crippen LogP contribution >= 0.6 is 0 Å². The summed E-state index contributed by atoms with van der Waals surface area (Å²) in [4.78, 5) is 23.3. The number of carboxylic acids is 1. The minimum absolute atomic E-state index is 0.0129. The van der Waals surface area contributed by atoms with Crippen LogP contribution in [0.4, 0.5) is 0 Å². The van der Waals surface area contributed by atoms with Crippen molar-refractivity contribution in [1.82, 2.24) is 0 Å². The van der Waals surface area contributed by atoms with E-state index >= 15 is 0 Å². The largest absolute Gasteiger partial charge is 0.480 e. The van der Waals surface area contributed by atoms with Crippen LogP contribution in [0.15, 0.2) is 48.5 Å². The molecule has 27 heavy (non-hydrogen) atoms. The van der Waals surface area contributed by atoms with Gasteiger partial charge in [0.1, 0.15) is 12.6 Å². The van der Waals surface area contributed by atoms with Gasteiger partial charge < -0.3 is 21.3 Å². The number of hydrogen-bond donors (Lipinski definition) is 3. The van der Waals surface area contributed by atoms with Gasteiger partial charge in [0.05, 0.1) is 5.92 Å². The molecular formula is C21H24N2O4. The van der Waals surface area contributed by atoms with Crippen molar-refractivity contribution < 1.29 is 19.4 Å². The van der Waals surface area contributed by atoms with E-state index < -0.39 is 23.9 Å². The van der Waals surface area contributed by atoms with E-state index in [2.05, 4.69) is 24.3 Å². The van der Waals surface area contributed by atoms with E-state index in [1.54, 1.807) is 0 Å². The van der Waals surface area contributed by atoms with Crippen molar-refractivity contribution in [1.29, 1.82) is 0 Å². The molecule has 1 aliphatic carbocycles. The SMILES string of the molecule is NCC(CC[C@H](N)C(=O)O)C(=O)OCC1c2ccccc2-c2ccccc21. The first-order chi connectivity index (χ1) is 13.0. The number of rotatable bonds is 8. The number of esters is 1. The number of nitrogens with two attached hydrogens (primary N) is 2. The Kier molecular flexibility index (Phi) is 5.88. The topological polar surface area (TPSA) is 116 Å². The number of carboxylic acid groups (broad SMARTS) is 1. The van der Waals surface area contributed by atoms with Crippen LogP contribution in [0.3, 0.4) is 0 Å². The molecule has 142 valence electrons. The lowest BCUT2D eigenvalue weighted by Crippen LogP contribution is -2.33. The van der Waals surface area contributed by atoms with Crippen LogP contribution in [-0.4, -0.2) is 36.2 Å². The van der Waals surface area contributed by atoms with Gasteiger partial charge in [0.25, 0.3) is 0 Å². The zero-order chi connectivity index (χ0) is 19.4. The van der Waals surface area contributed by atoms with Crippen molar-refractivity contribution >= 4 is 11.9 Å². The monoisotopic (exact) mass is 368 g/mol. The van der Waals surface area contributed by atoms with E-state index in [9.17, 15) is 9.59 Å². The maximum atomic E-state index is 12.4. The Morgan fingerprint density at radius 3 is 2.07 bits per heavy atom. The Labute approximate surface area is 158 Å². The number of carbonyl (C=O) groups excluding carboxylic acids is 1. The maximum absolute atomic E-state index is 12.4. The Balaban J connectivity index is 1.67. The highest BCUT2D eigenvalue weighted by molar-refractivity contribution is 5.79. The third-order valence-electron chi connectivity index (χ3n) is 5.12. The molecule has 2 aromatic rings.